The van der Waals surface area contributed by atoms with Gasteiger partial charge in [-0.25, -0.2) is 4.79 Å². The van der Waals surface area contributed by atoms with Gasteiger partial charge in [0.15, 0.2) is 6.10 Å². The van der Waals surface area contributed by atoms with Crippen molar-refractivity contribution in [2.75, 3.05) is 7.11 Å². The molecule has 0 aliphatic rings. The fourth-order valence-electron chi connectivity index (χ4n) is 0.914. The zero-order valence-electron chi connectivity index (χ0n) is 7.14. The van der Waals surface area contributed by atoms with Gasteiger partial charge in [-0.2, -0.15) is 11.3 Å². The average Bonchev–Trinajstić information content (AvgIpc) is 2.67. The van der Waals surface area contributed by atoms with Gasteiger partial charge in [0.2, 0.25) is 0 Å². The molecule has 0 bridgehead atoms. The first-order valence-electron chi connectivity index (χ1n) is 3.70. The summed E-state index contributed by atoms with van der Waals surface area (Å²) in [5.41, 5.74) is 6.35. The summed E-state index contributed by atoms with van der Waals surface area (Å²) in [6, 6.07) is 1.06. The molecule has 0 radical (unpaired) electrons. The highest BCUT2D eigenvalue weighted by atomic mass is 32.1. The number of nitrogens with two attached hydrogens (primary N) is 1. The molecule has 0 saturated heterocycles. The van der Waals surface area contributed by atoms with Gasteiger partial charge in [-0.05, 0) is 22.4 Å². The Morgan fingerprint density at radius 1 is 1.77 bits per heavy atom. The summed E-state index contributed by atoms with van der Waals surface area (Å²) in [6.07, 6.45) is -1.29. The normalized spacial score (nSPS) is 15.0. The van der Waals surface area contributed by atoms with E-state index in [1.165, 1.54) is 18.4 Å². The van der Waals surface area contributed by atoms with Crippen LogP contribution in [0.3, 0.4) is 0 Å². The van der Waals surface area contributed by atoms with E-state index in [4.69, 9.17) is 5.73 Å². The topological polar surface area (TPSA) is 72.5 Å². The third-order valence-electron chi connectivity index (χ3n) is 1.71. The van der Waals surface area contributed by atoms with E-state index < -0.39 is 18.1 Å². The molecule has 1 heterocycles. The van der Waals surface area contributed by atoms with Crippen LogP contribution in [0.4, 0.5) is 0 Å². The zero-order valence-corrected chi connectivity index (χ0v) is 7.95. The van der Waals surface area contributed by atoms with Crippen molar-refractivity contribution in [3.8, 4) is 0 Å². The van der Waals surface area contributed by atoms with Crippen molar-refractivity contribution in [2.24, 2.45) is 5.73 Å². The molecule has 0 aliphatic carbocycles. The predicted molar refractivity (Wildman–Crippen MR) is 49.3 cm³/mol. The first-order valence-corrected chi connectivity index (χ1v) is 4.64. The molecule has 0 aliphatic heterocycles. The van der Waals surface area contributed by atoms with E-state index in [2.05, 4.69) is 4.74 Å². The number of carbonyl (C=O) groups excluding carboxylic acids is 1. The quantitative estimate of drug-likeness (QED) is 0.689. The van der Waals surface area contributed by atoms with Crippen LogP contribution in [0.2, 0.25) is 0 Å². The fourth-order valence-corrected chi connectivity index (χ4v) is 1.62. The van der Waals surface area contributed by atoms with Gasteiger partial charge in [0.1, 0.15) is 0 Å². The summed E-state index contributed by atoms with van der Waals surface area (Å²) in [5, 5.41) is 13.0. The summed E-state index contributed by atoms with van der Waals surface area (Å²) in [7, 11) is 1.21. The van der Waals surface area contributed by atoms with Gasteiger partial charge in [0.05, 0.1) is 13.2 Å². The standard InChI is InChI=1S/C8H11NO3S/c1-12-8(11)7(10)6(9)5-2-3-13-4-5/h2-4,6-7,10H,9H2,1H3. The van der Waals surface area contributed by atoms with Crippen molar-refractivity contribution in [3.05, 3.63) is 22.4 Å². The highest BCUT2D eigenvalue weighted by Gasteiger charge is 2.24. The Bertz CT molecular complexity index is 273. The number of carbonyl (C=O) groups is 1. The van der Waals surface area contributed by atoms with Crippen LogP contribution in [-0.4, -0.2) is 24.3 Å². The van der Waals surface area contributed by atoms with Crippen molar-refractivity contribution >= 4 is 17.3 Å². The van der Waals surface area contributed by atoms with Crippen LogP contribution in [0, 0.1) is 0 Å². The third kappa shape index (κ3) is 2.27. The van der Waals surface area contributed by atoms with E-state index in [0.717, 1.165) is 5.56 Å². The molecule has 2 unspecified atom stereocenters. The number of ether oxygens (including phenoxy) is 1. The van der Waals surface area contributed by atoms with Gasteiger partial charge in [-0.3, -0.25) is 0 Å². The van der Waals surface area contributed by atoms with Gasteiger partial charge in [0.25, 0.3) is 0 Å². The maximum absolute atomic E-state index is 10.9. The van der Waals surface area contributed by atoms with Crippen LogP contribution < -0.4 is 5.73 Å². The molecule has 13 heavy (non-hydrogen) atoms. The van der Waals surface area contributed by atoms with Crippen molar-refractivity contribution in [2.45, 2.75) is 12.1 Å². The van der Waals surface area contributed by atoms with Gasteiger partial charge in [-0.1, -0.05) is 0 Å². The van der Waals surface area contributed by atoms with Crippen LogP contribution in [0.1, 0.15) is 11.6 Å². The van der Waals surface area contributed by atoms with Gasteiger partial charge < -0.3 is 15.6 Å². The molecule has 2 atom stereocenters. The van der Waals surface area contributed by atoms with E-state index in [1.54, 1.807) is 11.4 Å². The molecule has 0 amide bonds. The molecule has 72 valence electrons. The average molecular weight is 201 g/mol. The second-order valence-corrected chi connectivity index (χ2v) is 3.33. The Morgan fingerprint density at radius 3 is 2.92 bits per heavy atom. The molecule has 0 fully saturated rings. The number of aliphatic hydroxyl groups excluding tert-OH is 1. The Balaban J connectivity index is 2.68. The lowest BCUT2D eigenvalue weighted by atomic mass is 10.1. The number of aliphatic hydroxyl groups is 1. The summed E-state index contributed by atoms with van der Waals surface area (Å²) < 4.78 is 4.37. The summed E-state index contributed by atoms with van der Waals surface area (Å²) in [5.74, 6) is -0.710. The maximum atomic E-state index is 10.9. The number of esters is 1. The first-order chi connectivity index (χ1) is 6.16. The van der Waals surface area contributed by atoms with Gasteiger partial charge >= 0.3 is 5.97 Å². The molecule has 3 N–H and O–H groups in total. The fraction of sp³-hybridized carbons (Fsp3) is 0.375. The minimum Gasteiger partial charge on any atom is -0.467 e. The van der Waals surface area contributed by atoms with Crippen LogP contribution in [-0.2, 0) is 9.53 Å². The van der Waals surface area contributed by atoms with E-state index in [0.29, 0.717) is 0 Å². The van der Waals surface area contributed by atoms with Crippen molar-refractivity contribution in [3.63, 3.8) is 0 Å². The molecular weight excluding hydrogens is 190 g/mol. The number of thiophene rings is 1. The minimum atomic E-state index is -1.29. The zero-order chi connectivity index (χ0) is 9.84. The van der Waals surface area contributed by atoms with Crippen LogP contribution in [0.15, 0.2) is 16.8 Å². The van der Waals surface area contributed by atoms with Crippen LogP contribution in [0.5, 0.6) is 0 Å². The first kappa shape index (κ1) is 10.2. The Hall–Kier alpha value is -0.910. The molecule has 0 spiro atoms. The molecule has 1 aromatic rings. The molecule has 1 aromatic heterocycles. The van der Waals surface area contributed by atoms with Crippen molar-refractivity contribution in [1.29, 1.82) is 0 Å². The minimum absolute atomic E-state index is 0.710. The molecular formula is C8H11NO3S. The number of hydrogen-bond acceptors (Lipinski definition) is 5. The number of methoxy groups -OCH3 is 1. The highest BCUT2D eigenvalue weighted by Crippen LogP contribution is 2.17. The third-order valence-corrected chi connectivity index (χ3v) is 2.41. The second kappa shape index (κ2) is 4.36. The monoisotopic (exact) mass is 201 g/mol. The summed E-state index contributed by atoms with van der Waals surface area (Å²) in [4.78, 5) is 10.9. The lowest BCUT2D eigenvalue weighted by molar-refractivity contribution is -0.151. The molecule has 5 heteroatoms. The Morgan fingerprint density at radius 2 is 2.46 bits per heavy atom. The summed E-state index contributed by atoms with van der Waals surface area (Å²) >= 11 is 1.46. The summed E-state index contributed by atoms with van der Waals surface area (Å²) in [6.45, 7) is 0. The van der Waals surface area contributed by atoms with Crippen LogP contribution >= 0.6 is 11.3 Å². The van der Waals surface area contributed by atoms with E-state index in [9.17, 15) is 9.90 Å². The van der Waals surface area contributed by atoms with E-state index >= 15 is 0 Å². The maximum Gasteiger partial charge on any atom is 0.336 e. The molecule has 4 nitrogen and oxygen atoms in total. The van der Waals surface area contributed by atoms with E-state index in [1.807, 2.05) is 5.38 Å². The van der Waals surface area contributed by atoms with Crippen molar-refractivity contribution < 1.29 is 14.6 Å². The number of rotatable bonds is 3. The largest absolute Gasteiger partial charge is 0.467 e. The van der Waals surface area contributed by atoms with Crippen molar-refractivity contribution in [1.82, 2.24) is 0 Å². The molecule has 1 rings (SSSR count). The molecule has 0 saturated carbocycles. The predicted octanol–water partition coefficient (Wildman–Crippen LogP) is 0.282. The Kier molecular flexibility index (Phi) is 3.41. The SMILES string of the molecule is COC(=O)C(O)C(N)c1ccsc1. The second-order valence-electron chi connectivity index (χ2n) is 2.55. The lowest BCUT2D eigenvalue weighted by Crippen LogP contribution is -2.33. The smallest absolute Gasteiger partial charge is 0.336 e. The Labute approximate surface area is 79.9 Å². The highest BCUT2D eigenvalue weighted by molar-refractivity contribution is 7.07. The van der Waals surface area contributed by atoms with Gasteiger partial charge in [-0.15, -0.1) is 0 Å². The number of hydrogen-bond donors (Lipinski definition) is 2. The molecule has 0 aromatic carbocycles. The van der Waals surface area contributed by atoms with E-state index in [-0.39, 0.29) is 0 Å². The lowest BCUT2D eigenvalue weighted by Gasteiger charge is -2.14. The van der Waals surface area contributed by atoms with Crippen LogP contribution in [0.25, 0.3) is 0 Å². The van der Waals surface area contributed by atoms with Gasteiger partial charge in [0, 0.05) is 0 Å².